The SMILES string of the molecule is Nc1c(Cl)cc(C(O)CNCCCCCCC(CCc2ccccc2)C(=O)O)cc1Cl.O=C(O)/C=C\C(=O)O. The molecular weight excluding hydrogens is 547 g/mol. The third kappa shape index (κ3) is 15.2. The molecule has 0 aliphatic carbocycles. The van der Waals surface area contributed by atoms with Crippen molar-refractivity contribution in [2.24, 2.45) is 5.92 Å². The van der Waals surface area contributed by atoms with Crippen LogP contribution < -0.4 is 11.1 Å². The highest BCUT2D eigenvalue weighted by Crippen LogP contribution is 2.31. The van der Waals surface area contributed by atoms with Crippen molar-refractivity contribution in [2.45, 2.75) is 51.0 Å². The smallest absolute Gasteiger partial charge is 0.328 e. The minimum atomic E-state index is -1.26. The fourth-order valence-electron chi connectivity index (χ4n) is 3.67. The summed E-state index contributed by atoms with van der Waals surface area (Å²) in [7, 11) is 0. The van der Waals surface area contributed by atoms with Gasteiger partial charge in [-0.2, -0.15) is 0 Å². The molecule has 0 radical (unpaired) electrons. The van der Waals surface area contributed by atoms with Gasteiger partial charge in [-0.3, -0.25) is 4.79 Å². The molecule has 0 aromatic heterocycles. The topological polar surface area (TPSA) is 170 Å². The van der Waals surface area contributed by atoms with Gasteiger partial charge >= 0.3 is 17.9 Å². The third-order valence-electron chi connectivity index (χ3n) is 5.82. The van der Waals surface area contributed by atoms with Gasteiger partial charge in [0.1, 0.15) is 0 Å². The summed E-state index contributed by atoms with van der Waals surface area (Å²) in [6, 6.07) is 13.3. The zero-order valence-electron chi connectivity index (χ0n) is 21.6. The standard InChI is InChI=1S/C24H32Cl2N2O3.C4H4O4/c25-20-14-19(15-21(26)23(20)27)22(29)16-28-13-7-2-1-6-10-18(24(30)31)12-11-17-8-4-3-5-9-17;5-3(6)1-2-4(7)8/h3-5,8-9,14-15,18,22,28-29H,1-2,6-7,10-13,16,27H2,(H,30,31);1-2H,(H,5,6)(H,7,8)/b;2-1-. The molecule has 7 N–H and O–H groups in total. The fraction of sp³-hybridized carbons (Fsp3) is 0.393. The van der Waals surface area contributed by atoms with E-state index in [9.17, 15) is 24.6 Å². The van der Waals surface area contributed by atoms with Crippen LogP contribution in [-0.2, 0) is 20.8 Å². The van der Waals surface area contributed by atoms with Crippen LogP contribution in [0.25, 0.3) is 0 Å². The maximum absolute atomic E-state index is 11.5. The summed E-state index contributed by atoms with van der Waals surface area (Å²) >= 11 is 12.0. The lowest BCUT2D eigenvalue weighted by molar-refractivity contribution is -0.142. The normalized spacial score (nSPS) is 12.4. The number of nitrogens with two attached hydrogens (primary N) is 1. The summed E-state index contributed by atoms with van der Waals surface area (Å²) in [6.45, 7) is 1.18. The van der Waals surface area contributed by atoms with Crippen molar-refractivity contribution in [2.75, 3.05) is 18.8 Å². The molecule has 2 unspecified atom stereocenters. The summed E-state index contributed by atoms with van der Waals surface area (Å²) < 4.78 is 0. The van der Waals surface area contributed by atoms with Gasteiger partial charge in [0.15, 0.2) is 0 Å². The van der Waals surface area contributed by atoms with Crippen LogP contribution >= 0.6 is 23.2 Å². The minimum absolute atomic E-state index is 0.285. The van der Waals surface area contributed by atoms with Crippen molar-refractivity contribution < 1.29 is 34.8 Å². The van der Waals surface area contributed by atoms with Crippen molar-refractivity contribution >= 4 is 46.8 Å². The van der Waals surface area contributed by atoms with Gasteiger partial charge in [-0.1, -0.05) is 72.8 Å². The molecule has 9 nitrogen and oxygen atoms in total. The van der Waals surface area contributed by atoms with Gasteiger partial charge in [0.2, 0.25) is 0 Å². The molecule has 0 saturated carbocycles. The van der Waals surface area contributed by atoms with Gasteiger partial charge < -0.3 is 31.5 Å². The number of carboxylic acids is 3. The fourth-order valence-corrected chi connectivity index (χ4v) is 4.17. The first-order valence-corrected chi connectivity index (χ1v) is 13.3. The number of aliphatic hydroxyl groups is 1. The van der Waals surface area contributed by atoms with Crippen LogP contribution in [-0.4, -0.2) is 51.4 Å². The van der Waals surface area contributed by atoms with E-state index in [1.165, 1.54) is 5.56 Å². The third-order valence-corrected chi connectivity index (χ3v) is 6.45. The van der Waals surface area contributed by atoms with Gasteiger partial charge in [-0.25, -0.2) is 9.59 Å². The highest BCUT2D eigenvalue weighted by Gasteiger charge is 2.17. The van der Waals surface area contributed by atoms with Crippen LogP contribution in [0.3, 0.4) is 0 Å². The molecule has 0 spiro atoms. The van der Waals surface area contributed by atoms with Crippen LogP contribution in [0.15, 0.2) is 54.6 Å². The predicted molar refractivity (Wildman–Crippen MR) is 152 cm³/mol. The molecule has 11 heteroatoms. The van der Waals surface area contributed by atoms with E-state index in [1.54, 1.807) is 12.1 Å². The Bertz CT molecular complexity index is 1040. The van der Waals surface area contributed by atoms with Gasteiger partial charge in [0.25, 0.3) is 0 Å². The summed E-state index contributed by atoms with van der Waals surface area (Å²) in [4.78, 5) is 30.6. The zero-order valence-corrected chi connectivity index (χ0v) is 23.1. The minimum Gasteiger partial charge on any atom is -0.481 e. The summed E-state index contributed by atoms with van der Waals surface area (Å²) in [5.41, 5.74) is 7.85. The maximum Gasteiger partial charge on any atom is 0.328 e. The maximum atomic E-state index is 11.5. The van der Waals surface area contributed by atoms with E-state index in [-0.39, 0.29) is 5.92 Å². The molecule has 0 heterocycles. The monoisotopic (exact) mass is 582 g/mol. The number of aliphatic carboxylic acids is 3. The van der Waals surface area contributed by atoms with Crippen molar-refractivity contribution in [3.05, 3.63) is 75.8 Å². The Kier molecular flexibility index (Phi) is 16.5. The number of nitrogen functional groups attached to an aromatic ring is 1. The van der Waals surface area contributed by atoms with Crippen molar-refractivity contribution in [1.82, 2.24) is 5.32 Å². The van der Waals surface area contributed by atoms with E-state index in [1.807, 2.05) is 30.3 Å². The Morgan fingerprint density at radius 3 is 1.97 bits per heavy atom. The quantitative estimate of drug-likeness (QED) is 0.0884. The molecule has 2 atom stereocenters. The number of aryl methyl sites for hydroxylation is 1. The Morgan fingerprint density at radius 1 is 0.872 bits per heavy atom. The number of unbranched alkanes of at least 4 members (excludes halogenated alkanes) is 3. The second kappa shape index (κ2) is 19.0. The molecule has 2 rings (SSSR count). The molecule has 0 fully saturated rings. The van der Waals surface area contributed by atoms with Gasteiger partial charge in [-0.05, 0) is 55.5 Å². The number of aliphatic hydroxyl groups excluding tert-OH is 1. The van der Waals surface area contributed by atoms with Crippen LogP contribution in [0.2, 0.25) is 10.0 Å². The first-order valence-electron chi connectivity index (χ1n) is 12.5. The molecule has 214 valence electrons. The number of benzene rings is 2. The lowest BCUT2D eigenvalue weighted by Crippen LogP contribution is -2.22. The predicted octanol–water partition coefficient (Wildman–Crippen LogP) is 5.19. The molecule has 2 aromatic rings. The molecule has 0 amide bonds. The molecule has 0 saturated heterocycles. The second-order valence-electron chi connectivity index (χ2n) is 8.89. The first kappa shape index (κ1) is 33.9. The molecule has 0 aliphatic heterocycles. The average Bonchev–Trinajstić information content (AvgIpc) is 2.89. The number of rotatable bonds is 16. The lowest BCUT2D eigenvalue weighted by Gasteiger charge is -2.14. The lowest BCUT2D eigenvalue weighted by atomic mass is 9.94. The van der Waals surface area contributed by atoms with E-state index in [0.717, 1.165) is 38.6 Å². The van der Waals surface area contributed by atoms with Crippen LogP contribution in [0, 0.1) is 5.92 Å². The summed E-state index contributed by atoms with van der Waals surface area (Å²) in [6.07, 6.45) is 6.51. The highest BCUT2D eigenvalue weighted by atomic mass is 35.5. The Labute approximate surface area is 238 Å². The largest absolute Gasteiger partial charge is 0.481 e. The van der Waals surface area contributed by atoms with E-state index in [4.69, 9.17) is 39.1 Å². The number of hydrogen-bond acceptors (Lipinski definition) is 6. The molecule has 39 heavy (non-hydrogen) atoms. The van der Waals surface area contributed by atoms with Crippen LogP contribution in [0.4, 0.5) is 5.69 Å². The molecular formula is C28H36Cl2N2O7. The number of carboxylic acid groups (broad SMARTS) is 3. The van der Waals surface area contributed by atoms with Crippen molar-refractivity contribution in [1.29, 1.82) is 0 Å². The van der Waals surface area contributed by atoms with Crippen molar-refractivity contribution in [3.8, 4) is 0 Å². The first-order chi connectivity index (χ1) is 18.5. The van der Waals surface area contributed by atoms with E-state index in [0.29, 0.717) is 52.8 Å². The van der Waals surface area contributed by atoms with E-state index < -0.39 is 24.0 Å². The number of nitrogens with one attached hydrogen (secondary N) is 1. The molecule has 2 aromatic carbocycles. The van der Waals surface area contributed by atoms with Gasteiger partial charge in [0.05, 0.1) is 27.8 Å². The van der Waals surface area contributed by atoms with E-state index in [2.05, 4.69) is 5.32 Å². The zero-order chi connectivity index (χ0) is 29.2. The van der Waals surface area contributed by atoms with Gasteiger partial charge in [-0.15, -0.1) is 0 Å². The Balaban J connectivity index is 0.000000824. The van der Waals surface area contributed by atoms with E-state index >= 15 is 0 Å². The highest BCUT2D eigenvalue weighted by molar-refractivity contribution is 6.38. The second-order valence-corrected chi connectivity index (χ2v) is 9.70. The number of hydrogen-bond donors (Lipinski definition) is 6. The summed E-state index contributed by atoms with van der Waals surface area (Å²) in [5, 5.41) is 39.3. The molecule has 0 bridgehead atoms. The van der Waals surface area contributed by atoms with Crippen LogP contribution in [0.5, 0.6) is 0 Å². The Morgan fingerprint density at radius 2 is 1.44 bits per heavy atom. The van der Waals surface area contributed by atoms with Gasteiger partial charge in [0, 0.05) is 18.7 Å². The number of halogens is 2. The number of carbonyl (C=O) groups is 3. The van der Waals surface area contributed by atoms with Crippen molar-refractivity contribution in [3.63, 3.8) is 0 Å². The average molecular weight is 584 g/mol. The molecule has 0 aliphatic rings. The van der Waals surface area contributed by atoms with Crippen LogP contribution in [0.1, 0.15) is 55.8 Å². The summed E-state index contributed by atoms with van der Waals surface area (Å²) in [5.74, 6) is -3.50. The Hall–Kier alpha value is -3.11. The number of anilines is 1.